The van der Waals surface area contributed by atoms with Crippen LogP contribution in [0.1, 0.15) is 33.1 Å². The Labute approximate surface area is 127 Å². The molecule has 120 valence electrons. The van der Waals surface area contributed by atoms with Crippen LogP contribution in [0.4, 0.5) is 0 Å². The summed E-state index contributed by atoms with van der Waals surface area (Å²) in [6.07, 6.45) is 6.36. The van der Waals surface area contributed by atoms with E-state index in [0.717, 1.165) is 38.9 Å². The van der Waals surface area contributed by atoms with E-state index in [1.807, 2.05) is 6.92 Å². The van der Waals surface area contributed by atoms with Crippen molar-refractivity contribution in [2.45, 2.75) is 44.6 Å². The van der Waals surface area contributed by atoms with Gasteiger partial charge in [0, 0.05) is 25.8 Å². The van der Waals surface area contributed by atoms with Crippen LogP contribution in [0.2, 0.25) is 0 Å². The maximum absolute atomic E-state index is 12.6. The number of aromatic nitrogens is 2. The fraction of sp³-hybridized carbons (Fsp3) is 0.786. The van der Waals surface area contributed by atoms with Gasteiger partial charge in [-0.05, 0) is 38.3 Å². The van der Waals surface area contributed by atoms with Crippen LogP contribution in [-0.4, -0.2) is 48.7 Å². The molecule has 0 radical (unpaired) electrons. The zero-order chi connectivity index (χ0) is 15.3. The lowest BCUT2D eigenvalue weighted by atomic mass is 10.4. The summed E-state index contributed by atoms with van der Waals surface area (Å²) in [6, 6.07) is 0. The van der Waals surface area contributed by atoms with Gasteiger partial charge in [-0.2, -0.15) is 9.40 Å². The van der Waals surface area contributed by atoms with Crippen LogP contribution < -0.4 is 5.32 Å². The summed E-state index contributed by atoms with van der Waals surface area (Å²) in [7, 11) is -3.39. The van der Waals surface area contributed by atoms with E-state index in [9.17, 15) is 8.42 Å². The molecule has 0 spiro atoms. The summed E-state index contributed by atoms with van der Waals surface area (Å²) in [4.78, 5) is 0.313. The number of nitrogens with zero attached hydrogens (tertiary/aromatic N) is 3. The van der Waals surface area contributed by atoms with Crippen molar-refractivity contribution in [2.75, 3.05) is 26.2 Å². The minimum atomic E-state index is -3.39. The molecule has 1 saturated carbocycles. The number of nitrogens with one attached hydrogen (secondary N) is 1. The van der Waals surface area contributed by atoms with E-state index in [4.69, 9.17) is 0 Å². The maximum atomic E-state index is 12.6. The van der Waals surface area contributed by atoms with Gasteiger partial charge in [0.25, 0.3) is 0 Å². The van der Waals surface area contributed by atoms with Crippen molar-refractivity contribution >= 4 is 10.0 Å². The van der Waals surface area contributed by atoms with Crippen LogP contribution >= 0.6 is 0 Å². The molecule has 0 amide bonds. The first-order chi connectivity index (χ1) is 10.1. The molecular weight excluding hydrogens is 288 g/mol. The highest BCUT2D eigenvalue weighted by atomic mass is 32.2. The van der Waals surface area contributed by atoms with Gasteiger partial charge in [-0.3, -0.25) is 4.68 Å². The van der Waals surface area contributed by atoms with E-state index in [1.165, 1.54) is 6.20 Å². The van der Waals surface area contributed by atoms with E-state index < -0.39 is 10.0 Å². The summed E-state index contributed by atoms with van der Waals surface area (Å²) in [5.41, 5.74) is 0. The zero-order valence-electron chi connectivity index (χ0n) is 13.0. The molecule has 0 aliphatic heterocycles. The second-order valence-corrected chi connectivity index (χ2v) is 7.48. The number of aryl methyl sites for hydroxylation is 1. The van der Waals surface area contributed by atoms with Gasteiger partial charge in [-0.15, -0.1) is 0 Å². The van der Waals surface area contributed by atoms with Gasteiger partial charge >= 0.3 is 0 Å². The Morgan fingerprint density at radius 1 is 1.43 bits per heavy atom. The minimum absolute atomic E-state index is 0.313. The summed E-state index contributed by atoms with van der Waals surface area (Å²) < 4.78 is 28.4. The van der Waals surface area contributed by atoms with Crippen molar-refractivity contribution < 1.29 is 8.42 Å². The monoisotopic (exact) mass is 314 g/mol. The smallest absolute Gasteiger partial charge is 0.246 e. The molecule has 0 bridgehead atoms. The second-order valence-electron chi connectivity index (χ2n) is 5.55. The van der Waals surface area contributed by atoms with Gasteiger partial charge < -0.3 is 5.32 Å². The van der Waals surface area contributed by atoms with E-state index >= 15 is 0 Å². The average molecular weight is 314 g/mol. The molecule has 2 rings (SSSR count). The molecule has 1 aliphatic rings. The first-order valence-electron chi connectivity index (χ1n) is 7.81. The third-order valence-electron chi connectivity index (χ3n) is 3.75. The lowest BCUT2D eigenvalue weighted by Gasteiger charge is -2.19. The van der Waals surface area contributed by atoms with Crippen LogP contribution in [0.5, 0.6) is 0 Å². The molecule has 6 nitrogen and oxygen atoms in total. The van der Waals surface area contributed by atoms with Gasteiger partial charge in [-0.25, -0.2) is 8.42 Å². The van der Waals surface area contributed by atoms with Crippen molar-refractivity contribution in [3.8, 4) is 0 Å². The summed E-state index contributed by atoms with van der Waals surface area (Å²) in [5, 5.41) is 7.42. The quantitative estimate of drug-likeness (QED) is 0.661. The zero-order valence-corrected chi connectivity index (χ0v) is 13.8. The lowest BCUT2D eigenvalue weighted by molar-refractivity contribution is 0.412. The number of sulfonamides is 1. The lowest BCUT2D eigenvalue weighted by Crippen LogP contribution is -2.32. The molecule has 1 aromatic heterocycles. The topological polar surface area (TPSA) is 67.2 Å². The molecule has 1 heterocycles. The Kier molecular flexibility index (Phi) is 5.78. The van der Waals surface area contributed by atoms with E-state index in [0.29, 0.717) is 23.9 Å². The number of hydrogen-bond donors (Lipinski definition) is 1. The molecule has 1 N–H and O–H groups in total. The largest absolute Gasteiger partial charge is 0.317 e. The highest BCUT2D eigenvalue weighted by molar-refractivity contribution is 7.89. The van der Waals surface area contributed by atoms with Crippen LogP contribution in [0.15, 0.2) is 17.3 Å². The van der Waals surface area contributed by atoms with E-state index in [1.54, 1.807) is 15.2 Å². The Morgan fingerprint density at radius 2 is 2.19 bits per heavy atom. The normalized spacial score (nSPS) is 15.8. The summed E-state index contributed by atoms with van der Waals surface area (Å²) >= 11 is 0. The van der Waals surface area contributed by atoms with Gasteiger partial charge in [0.2, 0.25) is 10.0 Å². The Morgan fingerprint density at radius 3 is 2.81 bits per heavy atom. The molecule has 1 aromatic rings. The minimum Gasteiger partial charge on any atom is -0.317 e. The van der Waals surface area contributed by atoms with Crippen LogP contribution in [0, 0.1) is 5.92 Å². The number of hydrogen-bond acceptors (Lipinski definition) is 4. The predicted molar refractivity (Wildman–Crippen MR) is 82.5 cm³/mol. The molecular formula is C14H26N4O2S. The van der Waals surface area contributed by atoms with Crippen molar-refractivity contribution in [3.63, 3.8) is 0 Å². The molecule has 0 unspecified atom stereocenters. The SMILES string of the molecule is CCNCCCn1cc(S(=O)(=O)N(CC)CC2CC2)cn1. The second kappa shape index (κ2) is 7.38. The molecule has 0 saturated heterocycles. The summed E-state index contributed by atoms with van der Waals surface area (Å²) in [6.45, 7) is 7.72. The van der Waals surface area contributed by atoms with Gasteiger partial charge in [0.1, 0.15) is 4.90 Å². The standard InChI is InChI=1S/C14H26N4O2S/c1-3-15-8-5-9-17-12-14(10-16-17)21(19,20)18(4-2)11-13-6-7-13/h10,12-13,15H,3-9,11H2,1-2H3. The van der Waals surface area contributed by atoms with Crippen LogP contribution in [0.3, 0.4) is 0 Å². The Balaban J connectivity index is 1.97. The summed E-state index contributed by atoms with van der Waals surface area (Å²) in [5.74, 6) is 0.551. The van der Waals surface area contributed by atoms with Gasteiger partial charge in [0.15, 0.2) is 0 Å². The predicted octanol–water partition coefficient (Wildman–Crippen LogP) is 1.30. The van der Waals surface area contributed by atoms with Gasteiger partial charge in [0.05, 0.1) is 6.20 Å². The highest BCUT2D eigenvalue weighted by Crippen LogP contribution is 2.31. The molecule has 21 heavy (non-hydrogen) atoms. The third-order valence-corrected chi connectivity index (χ3v) is 5.64. The molecule has 0 atom stereocenters. The van der Waals surface area contributed by atoms with Gasteiger partial charge in [-0.1, -0.05) is 13.8 Å². The first-order valence-corrected chi connectivity index (χ1v) is 9.25. The molecule has 0 aromatic carbocycles. The Hall–Kier alpha value is -0.920. The van der Waals surface area contributed by atoms with Crippen molar-refractivity contribution in [3.05, 3.63) is 12.4 Å². The van der Waals surface area contributed by atoms with Crippen LogP contribution in [-0.2, 0) is 16.6 Å². The fourth-order valence-corrected chi connectivity index (χ4v) is 3.76. The fourth-order valence-electron chi connectivity index (χ4n) is 2.28. The maximum Gasteiger partial charge on any atom is 0.246 e. The van der Waals surface area contributed by atoms with E-state index in [2.05, 4.69) is 17.3 Å². The molecule has 7 heteroatoms. The highest BCUT2D eigenvalue weighted by Gasteiger charge is 2.31. The number of rotatable bonds is 10. The van der Waals surface area contributed by atoms with Crippen molar-refractivity contribution in [1.82, 2.24) is 19.4 Å². The van der Waals surface area contributed by atoms with Crippen LogP contribution in [0.25, 0.3) is 0 Å². The Bertz CT molecular complexity index is 537. The van der Waals surface area contributed by atoms with Crippen molar-refractivity contribution in [2.24, 2.45) is 5.92 Å². The van der Waals surface area contributed by atoms with Crippen molar-refractivity contribution in [1.29, 1.82) is 0 Å². The molecule has 1 fully saturated rings. The average Bonchev–Trinajstić information content (AvgIpc) is 3.16. The molecule has 1 aliphatic carbocycles. The van der Waals surface area contributed by atoms with E-state index in [-0.39, 0.29) is 0 Å². The third kappa shape index (κ3) is 4.52. The first kappa shape index (κ1) is 16.5.